The molecule has 1 saturated heterocycles. The lowest BCUT2D eigenvalue weighted by molar-refractivity contribution is 0.0324. The highest BCUT2D eigenvalue weighted by Crippen LogP contribution is 2.27. The van der Waals surface area contributed by atoms with Crippen molar-refractivity contribution in [3.05, 3.63) is 33.3 Å². The molecule has 0 bridgehead atoms. The number of likely N-dealkylation sites (N-methyl/N-ethyl adjacent to an activating group) is 1. The standard InChI is InChI=1S/C15H21BrClNO/c1-3-18-14(15-7-4-10(2)19-15)8-11-5-6-12(16)9-13(11)17/h5-6,9-10,14-15,18H,3-4,7-8H2,1-2H3. The maximum atomic E-state index is 6.31. The van der Waals surface area contributed by atoms with Crippen molar-refractivity contribution >= 4 is 27.5 Å². The van der Waals surface area contributed by atoms with Crippen molar-refractivity contribution in [1.29, 1.82) is 0 Å². The third-order valence-electron chi connectivity index (χ3n) is 3.63. The first-order valence-corrected chi connectivity index (χ1v) is 8.10. The van der Waals surface area contributed by atoms with Crippen molar-refractivity contribution in [3.63, 3.8) is 0 Å². The summed E-state index contributed by atoms with van der Waals surface area (Å²) in [6, 6.07) is 6.43. The number of halogens is 2. The van der Waals surface area contributed by atoms with E-state index in [1.807, 2.05) is 12.1 Å². The van der Waals surface area contributed by atoms with Crippen LogP contribution in [0.25, 0.3) is 0 Å². The van der Waals surface area contributed by atoms with Crippen LogP contribution in [0.2, 0.25) is 5.02 Å². The molecule has 1 N–H and O–H groups in total. The Balaban J connectivity index is 2.07. The number of hydrogen-bond acceptors (Lipinski definition) is 2. The Morgan fingerprint density at radius 3 is 2.84 bits per heavy atom. The Kier molecular flexibility index (Phi) is 5.70. The molecule has 1 heterocycles. The highest BCUT2D eigenvalue weighted by Gasteiger charge is 2.29. The number of benzene rings is 1. The van der Waals surface area contributed by atoms with E-state index in [0.717, 1.165) is 35.3 Å². The number of rotatable bonds is 5. The van der Waals surface area contributed by atoms with E-state index in [9.17, 15) is 0 Å². The first-order chi connectivity index (χ1) is 9.10. The normalized spacial score (nSPS) is 24.6. The van der Waals surface area contributed by atoms with Crippen molar-refractivity contribution in [2.24, 2.45) is 0 Å². The molecule has 1 fully saturated rings. The summed E-state index contributed by atoms with van der Waals surface area (Å²) in [5, 5.41) is 4.36. The van der Waals surface area contributed by atoms with Gasteiger partial charge in [0.1, 0.15) is 0 Å². The summed E-state index contributed by atoms with van der Waals surface area (Å²) in [7, 11) is 0. The summed E-state index contributed by atoms with van der Waals surface area (Å²) in [5.74, 6) is 0. The van der Waals surface area contributed by atoms with Crippen LogP contribution in [0.5, 0.6) is 0 Å². The second-order valence-electron chi connectivity index (χ2n) is 5.17. The van der Waals surface area contributed by atoms with Crippen molar-refractivity contribution in [3.8, 4) is 0 Å². The highest BCUT2D eigenvalue weighted by atomic mass is 79.9. The van der Waals surface area contributed by atoms with Gasteiger partial charge in [0.15, 0.2) is 0 Å². The molecule has 1 aliphatic heterocycles. The van der Waals surface area contributed by atoms with Crippen LogP contribution < -0.4 is 5.32 Å². The molecular weight excluding hydrogens is 326 g/mol. The summed E-state index contributed by atoms with van der Waals surface area (Å²) in [6.45, 7) is 5.23. The Labute approximate surface area is 129 Å². The molecule has 1 aromatic carbocycles. The average Bonchev–Trinajstić information content (AvgIpc) is 2.78. The molecule has 0 aliphatic carbocycles. The van der Waals surface area contributed by atoms with Gasteiger partial charge in [-0.15, -0.1) is 0 Å². The van der Waals surface area contributed by atoms with Gasteiger partial charge in [0.2, 0.25) is 0 Å². The monoisotopic (exact) mass is 345 g/mol. The molecule has 1 aromatic rings. The quantitative estimate of drug-likeness (QED) is 0.863. The van der Waals surface area contributed by atoms with E-state index in [1.165, 1.54) is 5.56 Å². The lowest BCUT2D eigenvalue weighted by Crippen LogP contribution is -2.41. The van der Waals surface area contributed by atoms with Crippen molar-refractivity contribution in [1.82, 2.24) is 5.32 Å². The van der Waals surface area contributed by atoms with E-state index < -0.39 is 0 Å². The number of nitrogens with one attached hydrogen (secondary N) is 1. The number of ether oxygens (including phenoxy) is 1. The molecule has 0 amide bonds. The molecule has 4 heteroatoms. The molecule has 0 saturated carbocycles. The fraction of sp³-hybridized carbons (Fsp3) is 0.600. The van der Waals surface area contributed by atoms with Gasteiger partial charge in [0, 0.05) is 15.5 Å². The summed E-state index contributed by atoms with van der Waals surface area (Å²) in [5.41, 5.74) is 1.18. The molecule has 1 aliphatic rings. The van der Waals surface area contributed by atoms with E-state index in [4.69, 9.17) is 16.3 Å². The van der Waals surface area contributed by atoms with Crippen LogP contribution in [0.15, 0.2) is 22.7 Å². The molecule has 0 aromatic heterocycles. The minimum Gasteiger partial charge on any atom is -0.374 e. The van der Waals surface area contributed by atoms with Crippen LogP contribution in [0.3, 0.4) is 0 Å². The van der Waals surface area contributed by atoms with Crippen molar-refractivity contribution < 1.29 is 4.74 Å². The van der Waals surface area contributed by atoms with E-state index in [2.05, 4.69) is 41.2 Å². The Morgan fingerprint density at radius 2 is 2.26 bits per heavy atom. The van der Waals surface area contributed by atoms with Gasteiger partial charge in [0.25, 0.3) is 0 Å². The van der Waals surface area contributed by atoms with Gasteiger partial charge >= 0.3 is 0 Å². The zero-order valence-electron chi connectivity index (χ0n) is 11.5. The predicted octanol–water partition coefficient (Wildman–Crippen LogP) is 4.19. The second kappa shape index (κ2) is 7.07. The fourth-order valence-electron chi connectivity index (χ4n) is 2.65. The lowest BCUT2D eigenvalue weighted by Gasteiger charge is -2.25. The van der Waals surface area contributed by atoms with Gasteiger partial charge in [-0.3, -0.25) is 0 Å². The first kappa shape index (κ1) is 15.3. The molecule has 19 heavy (non-hydrogen) atoms. The summed E-state index contributed by atoms with van der Waals surface area (Å²) in [6.07, 6.45) is 3.88. The fourth-order valence-corrected chi connectivity index (χ4v) is 3.40. The third kappa shape index (κ3) is 4.19. The van der Waals surface area contributed by atoms with Gasteiger partial charge in [-0.2, -0.15) is 0 Å². The van der Waals surface area contributed by atoms with E-state index >= 15 is 0 Å². The molecule has 2 nitrogen and oxygen atoms in total. The van der Waals surface area contributed by atoms with Crippen LogP contribution in [-0.2, 0) is 11.2 Å². The zero-order valence-corrected chi connectivity index (χ0v) is 13.8. The predicted molar refractivity (Wildman–Crippen MR) is 83.9 cm³/mol. The molecule has 3 unspecified atom stereocenters. The van der Waals surface area contributed by atoms with Gasteiger partial charge < -0.3 is 10.1 Å². The molecule has 3 atom stereocenters. The van der Waals surface area contributed by atoms with Crippen LogP contribution in [0, 0.1) is 0 Å². The summed E-state index contributed by atoms with van der Waals surface area (Å²) in [4.78, 5) is 0. The Morgan fingerprint density at radius 1 is 1.47 bits per heavy atom. The first-order valence-electron chi connectivity index (χ1n) is 6.93. The van der Waals surface area contributed by atoms with Crippen LogP contribution in [0.1, 0.15) is 32.3 Å². The van der Waals surface area contributed by atoms with E-state index in [0.29, 0.717) is 18.2 Å². The lowest BCUT2D eigenvalue weighted by atomic mass is 9.99. The van der Waals surface area contributed by atoms with Gasteiger partial charge in [-0.25, -0.2) is 0 Å². The molecule has 2 rings (SSSR count). The largest absolute Gasteiger partial charge is 0.374 e. The molecule has 0 radical (unpaired) electrons. The topological polar surface area (TPSA) is 21.3 Å². The van der Waals surface area contributed by atoms with Crippen molar-refractivity contribution in [2.45, 2.75) is 51.4 Å². The van der Waals surface area contributed by atoms with E-state index in [1.54, 1.807) is 0 Å². The molecule has 0 spiro atoms. The molecule has 106 valence electrons. The van der Waals surface area contributed by atoms with Crippen LogP contribution in [0.4, 0.5) is 0 Å². The maximum absolute atomic E-state index is 6.31. The van der Waals surface area contributed by atoms with Gasteiger partial charge in [-0.05, 0) is 50.4 Å². The van der Waals surface area contributed by atoms with Crippen LogP contribution in [-0.4, -0.2) is 24.8 Å². The Hall–Kier alpha value is -0.0900. The minimum atomic E-state index is 0.301. The highest BCUT2D eigenvalue weighted by molar-refractivity contribution is 9.10. The van der Waals surface area contributed by atoms with E-state index in [-0.39, 0.29) is 0 Å². The SMILES string of the molecule is CCNC(Cc1ccc(Br)cc1Cl)C1CCC(C)O1. The Bertz CT molecular complexity index is 427. The number of hydrogen-bond donors (Lipinski definition) is 1. The van der Waals surface area contributed by atoms with Gasteiger partial charge in [0.05, 0.1) is 12.2 Å². The smallest absolute Gasteiger partial charge is 0.0735 e. The van der Waals surface area contributed by atoms with Gasteiger partial charge in [-0.1, -0.05) is 40.5 Å². The minimum absolute atomic E-state index is 0.301. The zero-order chi connectivity index (χ0) is 13.8. The summed E-state index contributed by atoms with van der Waals surface area (Å²) < 4.78 is 7.02. The maximum Gasteiger partial charge on any atom is 0.0735 e. The second-order valence-corrected chi connectivity index (χ2v) is 6.49. The average molecular weight is 347 g/mol. The summed E-state index contributed by atoms with van der Waals surface area (Å²) >= 11 is 9.75. The van der Waals surface area contributed by atoms with Crippen molar-refractivity contribution in [2.75, 3.05) is 6.54 Å². The molecular formula is C15H21BrClNO. The third-order valence-corrected chi connectivity index (χ3v) is 4.48. The van der Waals surface area contributed by atoms with Crippen LogP contribution >= 0.6 is 27.5 Å².